The Labute approximate surface area is 194 Å². The maximum absolute atomic E-state index is 12.5. The van der Waals surface area contributed by atoms with Gasteiger partial charge in [0.05, 0.1) is 28.7 Å². The van der Waals surface area contributed by atoms with E-state index in [0.717, 1.165) is 0 Å². The highest BCUT2D eigenvalue weighted by molar-refractivity contribution is 7.92. The van der Waals surface area contributed by atoms with Crippen LogP contribution in [0, 0.1) is 10.1 Å². The van der Waals surface area contributed by atoms with Crippen molar-refractivity contribution in [3.05, 3.63) is 81.9 Å². The summed E-state index contributed by atoms with van der Waals surface area (Å²) in [5.74, 6) is 0.248. The molecule has 0 unspecified atom stereocenters. The van der Waals surface area contributed by atoms with Crippen molar-refractivity contribution in [1.82, 2.24) is 0 Å². The smallest absolute Gasteiger partial charge is 0.273 e. The summed E-state index contributed by atoms with van der Waals surface area (Å²) in [6.45, 7) is 0. The molecule has 3 aromatic carbocycles. The normalized spacial score (nSPS) is 10.8. The van der Waals surface area contributed by atoms with Crippen LogP contribution in [0.15, 0.2) is 71.6 Å². The van der Waals surface area contributed by atoms with E-state index in [2.05, 4.69) is 15.4 Å². The molecule has 0 spiro atoms. The molecule has 3 rings (SSSR count). The van der Waals surface area contributed by atoms with Gasteiger partial charge in [0.15, 0.2) is 5.11 Å². The minimum atomic E-state index is -3.78. The van der Waals surface area contributed by atoms with Crippen LogP contribution >= 0.6 is 23.8 Å². The van der Waals surface area contributed by atoms with Gasteiger partial charge >= 0.3 is 0 Å². The van der Waals surface area contributed by atoms with E-state index in [-0.39, 0.29) is 21.4 Å². The zero-order valence-corrected chi connectivity index (χ0v) is 18.9. The summed E-state index contributed by atoms with van der Waals surface area (Å²) in [7, 11) is -2.39. The molecule has 0 saturated heterocycles. The van der Waals surface area contributed by atoms with Gasteiger partial charge in [0.25, 0.3) is 15.7 Å². The third-order valence-electron chi connectivity index (χ3n) is 4.16. The zero-order chi connectivity index (χ0) is 23.3. The van der Waals surface area contributed by atoms with E-state index in [1.165, 1.54) is 37.4 Å². The SMILES string of the molecule is COc1cc([N+](=O)[O-])ccc1NC(=S)Nc1ccc(S(=O)(=O)Nc2ccc(Cl)cc2)cc1. The second kappa shape index (κ2) is 9.81. The molecule has 0 aromatic heterocycles. The molecule has 0 fully saturated rings. The van der Waals surface area contributed by atoms with E-state index in [4.69, 9.17) is 28.6 Å². The number of sulfonamides is 1. The van der Waals surface area contributed by atoms with Gasteiger partial charge in [-0.2, -0.15) is 0 Å². The van der Waals surface area contributed by atoms with E-state index in [9.17, 15) is 18.5 Å². The second-order valence-electron chi connectivity index (χ2n) is 6.36. The maximum atomic E-state index is 12.5. The Morgan fingerprint density at radius 1 is 1.00 bits per heavy atom. The molecule has 0 bridgehead atoms. The average Bonchev–Trinajstić information content (AvgIpc) is 2.75. The summed E-state index contributed by atoms with van der Waals surface area (Å²) in [5.41, 5.74) is 1.24. The Bertz CT molecular complexity index is 1250. The lowest BCUT2D eigenvalue weighted by Crippen LogP contribution is -2.19. The molecule has 0 aliphatic rings. The molecule has 0 heterocycles. The van der Waals surface area contributed by atoms with E-state index >= 15 is 0 Å². The van der Waals surface area contributed by atoms with Crippen LogP contribution in [-0.4, -0.2) is 25.6 Å². The van der Waals surface area contributed by atoms with Gasteiger partial charge in [0.2, 0.25) is 0 Å². The molecule has 0 atom stereocenters. The fourth-order valence-corrected chi connectivity index (χ4v) is 4.04. The van der Waals surface area contributed by atoms with Crippen LogP contribution in [-0.2, 0) is 10.0 Å². The highest BCUT2D eigenvalue weighted by atomic mass is 35.5. The molecule has 166 valence electrons. The molecule has 3 N–H and O–H groups in total. The van der Waals surface area contributed by atoms with Crippen molar-refractivity contribution in [1.29, 1.82) is 0 Å². The molecule has 12 heteroatoms. The number of anilines is 3. The minimum absolute atomic E-state index is 0.0638. The number of nitro groups is 1. The van der Waals surface area contributed by atoms with Crippen LogP contribution in [0.25, 0.3) is 0 Å². The van der Waals surface area contributed by atoms with Crippen molar-refractivity contribution in [2.24, 2.45) is 0 Å². The van der Waals surface area contributed by atoms with E-state index in [1.807, 2.05) is 0 Å². The number of hydrogen-bond donors (Lipinski definition) is 3. The van der Waals surface area contributed by atoms with Crippen LogP contribution in [0.4, 0.5) is 22.7 Å². The number of nitrogens with one attached hydrogen (secondary N) is 3. The van der Waals surface area contributed by atoms with Gasteiger partial charge in [-0.15, -0.1) is 0 Å². The Morgan fingerprint density at radius 2 is 1.62 bits per heavy atom. The highest BCUT2D eigenvalue weighted by Crippen LogP contribution is 2.29. The first kappa shape index (κ1) is 23.3. The summed E-state index contributed by atoms with van der Waals surface area (Å²) in [6.07, 6.45) is 0. The van der Waals surface area contributed by atoms with Crippen LogP contribution < -0.4 is 20.1 Å². The highest BCUT2D eigenvalue weighted by Gasteiger charge is 2.15. The number of ether oxygens (including phenoxy) is 1. The van der Waals surface area contributed by atoms with Crippen LogP contribution in [0.2, 0.25) is 5.02 Å². The molecule has 0 radical (unpaired) electrons. The number of methoxy groups -OCH3 is 1. The van der Waals surface area contributed by atoms with Gasteiger partial charge < -0.3 is 15.4 Å². The third kappa shape index (κ3) is 5.84. The van der Waals surface area contributed by atoms with E-state index in [0.29, 0.717) is 22.1 Å². The number of nitro benzene ring substituents is 1. The average molecular weight is 493 g/mol. The molecule has 0 aliphatic carbocycles. The molecule has 0 amide bonds. The summed E-state index contributed by atoms with van der Waals surface area (Å²) < 4.78 is 32.7. The minimum Gasteiger partial charge on any atom is -0.494 e. The van der Waals surface area contributed by atoms with Gasteiger partial charge in [0, 0.05) is 22.5 Å². The first-order valence-corrected chi connectivity index (χ1v) is 11.2. The lowest BCUT2D eigenvalue weighted by molar-refractivity contribution is -0.384. The third-order valence-corrected chi connectivity index (χ3v) is 6.02. The largest absolute Gasteiger partial charge is 0.494 e. The van der Waals surface area contributed by atoms with Crippen LogP contribution in [0.5, 0.6) is 5.75 Å². The van der Waals surface area contributed by atoms with Crippen molar-refractivity contribution in [2.75, 3.05) is 22.5 Å². The Kier molecular flexibility index (Phi) is 7.13. The van der Waals surface area contributed by atoms with Gasteiger partial charge in [-0.1, -0.05) is 11.6 Å². The predicted molar refractivity (Wildman–Crippen MR) is 128 cm³/mol. The lowest BCUT2D eigenvalue weighted by Gasteiger charge is -2.14. The molecular formula is C20H17ClN4O5S2. The van der Waals surface area contributed by atoms with Crippen LogP contribution in [0.3, 0.4) is 0 Å². The Morgan fingerprint density at radius 3 is 2.22 bits per heavy atom. The monoisotopic (exact) mass is 492 g/mol. The number of halogens is 1. The summed E-state index contributed by atoms with van der Waals surface area (Å²) in [5, 5.41) is 17.4. The lowest BCUT2D eigenvalue weighted by atomic mass is 10.2. The number of non-ortho nitro benzene ring substituents is 1. The number of benzene rings is 3. The standard InChI is InChI=1S/C20H17ClN4O5S2/c1-30-19-12-16(25(26)27)8-11-18(19)23-20(31)22-14-6-9-17(10-7-14)32(28,29)24-15-4-2-13(21)3-5-15/h2-12,24H,1H3,(H2,22,23,31). The van der Waals surface area contributed by atoms with Crippen molar-refractivity contribution >= 4 is 61.7 Å². The Hall–Kier alpha value is -3.41. The van der Waals surface area contributed by atoms with Crippen molar-refractivity contribution in [2.45, 2.75) is 4.90 Å². The molecule has 32 heavy (non-hydrogen) atoms. The summed E-state index contributed by atoms with van der Waals surface area (Å²) in [6, 6.07) is 16.3. The first-order valence-electron chi connectivity index (χ1n) is 8.97. The van der Waals surface area contributed by atoms with E-state index < -0.39 is 14.9 Å². The Balaban J connectivity index is 1.67. The summed E-state index contributed by atoms with van der Waals surface area (Å²) >= 11 is 11.1. The topological polar surface area (TPSA) is 123 Å². The van der Waals surface area contributed by atoms with Crippen molar-refractivity contribution < 1.29 is 18.1 Å². The number of nitrogens with zero attached hydrogens (tertiary/aromatic N) is 1. The maximum Gasteiger partial charge on any atom is 0.273 e. The van der Waals surface area contributed by atoms with Gasteiger partial charge in [-0.3, -0.25) is 14.8 Å². The summed E-state index contributed by atoms with van der Waals surface area (Å²) in [4.78, 5) is 10.4. The van der Waals surface area contributed by atoms with Crippen molar-refractivity contribution in [3.8, 4) is 5.75 Å². The number of hydrogen-bond acceptors (Lipinski definition) is 6. The van der Waals surface area contributed by atoms with Gasteiger partial charge in [-0.05, 0) is 66.8 Å². The number of thiocarbonyl (C=S) groups is 1. The quantitative estimate of drug-likeness (QED) is 0.242. The fourth-order valence-electron chi connectivity index (χ4n) is 2.63. The molecule has 3 aromatic rings. The predicted octanol–water partition coefficient (Wildman–Crippen LogP) is 4.87. The van der Waals surface area contributed by atoms with Crippen LogP contribution in [0.1, 0.15) is 0 Å². The van der Waals surface area contributed by atoms with Gasteiger partial charge in [0.1, 0.15) is 5.75 Å². The molecule has 0 saturated carbocycles. The van der Waals surface area contributed by atoms with E-state index in [1.54, 1.807) is 36.4 Å². The second-order valence-corrected chi connectivity index (χ2v) is 8.88. The molecular weight excluding hydrogens is 476 g/mol. The fraction of sp³-hybridized carbons (Fsp3) is 0.0500. The molecule has 9 nitrogen and oxygen atoms in total. The zero-order valence-electron chi connectivity index (χ0n) is 16.5. The van der Waals surface area contributed by atoms with Crippen molar-refractivity contribution in [3.63, 3.8) is 0 Å². The van der Waals surface area contributed by atoms with Gasteiger partial charge in [-0.25, -0.2) is 8.42 Å². The number of rotatable bonds is 7. The first-order chi connectivity index (χ1) is 15.2. The molecule has 0 aliphatic heterocycles.